The Bertz CT molecular complexity index is 1300. The number of nitrogens with zero attached hydrogens (tertiary/aromatic N) is 3. The van der Waals surface area contributed by atoms with Gasteiger partial charge in [-0.05, 0) is 61.2 Å². The zero-order valence-corrected chi connectivity index (χ0v) is 21.7. The van der Waals surface area contributed by atoms with Crippen LogP contribution in [0.2, 0.25) is 0 Å². The van der Waals surface area contributed by atoms with Crippen LogP contribution >= 0.6 is 24.0 Å². The standard InChI is InChI=1S/C27H26FN3O4S2/c28-20-8-6-19(7-9-20)15-23-26(33)31(27(36)37-23)18-24(32)30(16-21-5-4-14-34-21)17-22-10-11-25(35-22)29-12-2-1-3-13-29/h4-11,14-15H,1-3,12-13,16-18H2/b23-15-. The highest BCUT2D eigenvalue weighted by atomic mass is 32.2. The lowest BCUT2D eigenvalue weighted by Gasteiger charge is -2.26. The summed E-state index contributed by atoms with van der Waals surface area (Å²) >= 11 is 6.54. The molecule has 0 N–H and O–H groups in total. The lowest BCUT2D eigenvalue weighted by molar-refractivity contribution is -0.136. The highest BCUT2D eigenvalue weighted by molar-refractivity contribution is 8.26. The summed E-state index contributed by atoms with van der Waals surface area (Å²) in [6, 6.07) is 13.2. The van der Waals surface area contributed by atoms with E-state index in [2.05, 4.69) is 4.90 Å². The van der Waals surface area contributed by atoms with Crippen molar-refractivity contribution in [1.29, 1.82) is 0 Å². The first-order valence-electron chi connectivity index (χ1n) is 12.1. The molecule has 0 unspecified atom stereocenters. The number of furan rings is 2. The molecule has 192 valence electrons. The van der Waals surface area contributed by atoms with E-state index in [0.717, 1.165) is 43.6 Å². The number of anilines is 1. The van der Waals surface area contributed by atoms with Gasteiger partial charge in [0, 0.05) is 19.2 Å². The van der Waals surface area contributed by atoms with Gasteiger partial charge < -0.3 is 18.6 Å². The van der Waals surface area contributed by atoms with Gasteiger partial charge in [0.15, 0.2) is 5.88 Å². The molecule has 0 spiro atoms. The predicted molar refractivity (Wildman–Crippen MR) is 144 cm³/mol. The Morgan fingerprint density at radius 3 is 2.54 bits per heavy atom. The van der Waals surface area contributed by atoms with Crippen molar-refractivity contribution >= 4 is 52.1 Å². The Morgan fingerprint density at radius 1 is 1.05 bits per heavy atom. The maximum Gasteiger partial charge on any atom is 0.266 e. The van der Waals surface area contributed by atoms with Crippen molar-refractivity contribution in [2.45, 2.75) is 32.4 Å². The van der Waals surface area contributed by atoms with E-state index in [1.165, 1.54) is 23.5 Å². The highest BCUT2D eigenvalue weighted by Crippen LogP contribution is 2.33. The van der Waals surface area contributed by atoms with Crippen molar-refractivity contribution in [2.24, 2.45) is 0 Å². The molecule has 10 heteroatoms. The van der Waals surface area contributed by atoms with Gasteiger partial charge >= 0.3 is 0 Å². The van der Waals surface area contributed by atoms with Crippen molar-refractivity contribution in [3.8, 4) is 0 Å². The van der Waals surface area contributed by atoms with Gasteiger partial charge in [0.25, 0.3) is 5.91 Å². The topological polar surface area (TPSA) is 70.1 Å². The van der Waals surface area contributed by atoms with Gasteiger partial charge in [0.1, 0.15) is 28.2 Å². The minimum absolute atomic E-state index is 0.203. The van der Waals surface area contributed by atoms with Crippen molar-refractivity contribution in [2.75, 3.05) is 24.5 Å². The minimum atomic E-state index is -0.355. The second-order valence-electron chi connectivity index (χ2n) is 8.94. The van der Waals surface area contributed by atoms with E-state index in [-0.39, 0.29) is 37.3 Å². The van der Waals surface area contributed by atoms with Crippen LogP contribution in [-0.2, 0) is 22.7 Å². The van der Waals surface area contributed by atoms with E-state index in [4.69, 9.17) is 21.1 Å². The van der Waals surface area contributed by atoms with Gasteiger partial charge in [-0.25, -0.2) is 4.39 Å². The molecule has 2 aliphatic rings. The van der Waals surface area contributed by atoms with Gasteiger partial charge in [-0.15, -0.1) is 0 Å². The Balaban J connectivity index is 1.29. The predicted octanol–water partition coefficient (Wildman–Crippen LogP) is 5.43. The number of carbonyl (C=O) groups is 2. The van der Waals surface area contributed by atoms with Crippen LogP contribution in [0.1, 0.15) is 36.3 Å². The first-order chi connectivity index (χ1) is 18.0. The molecular weight excluding hydrogens is 513 g/mol. The van der Waals surface area contributed by atoms with Crippen LogP contribution in [0.3, 0.4) is 0 Å². The molecule has 0 atom stereocenters. The van der Waals surface area contributed by atoms with Crippen molar-refractivity contribution in [3.63, 3.8) is 0 Å². The van der Waals surface area contributed by atoms with Crippen LogP contribution in [0.15, 0.2) is 68.5 Å². The van der Waals surface area contributed by atoms with Crippen LogP contribution in [0, 0.1) is 5.82 Å². The SMILES string of the molecule is O=C(CN1C(=O)/C(=C/c2ccc(F)cc2)SC1=S)N(Cc1ccco1)Cc1ccc(N2CCCCC2)o1. The maximum atomic E-state index is 13.4. The summed E-state index contributed by atoms with van der Waals surface area (Å²) in [5.41, 5.74) is 0.676. The third-order valence-electron chi connectivity index (χ3n) is 6.28. The summed E-state index contributed by atoms with van der Waals surface area (Å²) < 4.78 is 25.1. The van der Waals surface area contributed by atoms with E-state index in [0.29, 0.717) is 26.3 Å². The molecule has 0 radical (unpaired) electrons. The molecule has 2 amide bonds. The number of halogens is 1. The first kappa shape index (κ1) is 25.3. The molecule has 2 fully saturated rings. The quantitative estimate of drug-likeness (QED) is 0.279. The summed E-state index contributed by atoms with van der Waals surface area (Å²) in [4.78, 5) is 32.0. The van der Waals surface area contributed by atoms with Crippen LogP contribution in [0.4, 0.5) is 10.3 Å². The third kappa shape index (κ3) is 6.14. The van der Waals surface area contributed by atoms with Gasteiger partial charge in [-0.3, -0.25) is 14.5 Å². The first-order valence-corrected chi connectivity index (χ1v) is 13.3. The molecule has 0 saturated carbocycles. The fraction of sp³-hybridized carbons (Fsp3) is 0.296. The van der Waals surface area contributed by atoms with Crippen LogP contribution in [0.5, 0.6) is 0 Å². The summed E-state index contributed by atoms with van der Waals surface area (Å²) in [5, 5.41) is 0. The van der Waals surface area contributed by atoms with Gasteiger partial charge in [-0.2, -0.15) is 0 Å². The summed E-state index contributed by atoms with van der Waals surface area (Å²) in [6.07, 6.45) is 6.71. The van der Waals surface area contributed by atoms with E-state index in [1.807, 2.05) is 12.1 Å². The van der Waals surface area contributed by atoms with Crippen LogP contribution in [0.25, 0.3) is 6.08 Å². The van der Waals surface area contributed by atoms with E-state index >= 15 is 0 Å². The molecule has 2 aliphatic heterocycles. The molecular formula is C27H26FN3O4S2. The minimum Gasteiger partial charge on any atom is -0.467 e. The molecule has 1 aromatic carbocycles. The molecule has 0 aliphatic carbocycles. The monoisotopic (exact) mass is 539 g/mol. The average Bonchev–Trinajstić information content (AvgIpc) is 3.65. The lowest BCUT2D eigenvalue weighted by Crippen LogP contribution is -2.41. The van der Waals surface area contributed by atoms with Crippen LogP contribution in [-0.4, -0.2) is 45.6 Å². The fourth-order valence-electron chi connectivity index (χ4n) is 4.33. The molecule has 4 heterocycles. The van der Waals surface area contributed by atoms with Crippen LogP contribution < -0.4 is 4.90 Å². The highest BCUT2D eigenvalue weighted by Gasteiger charge is 2.34. The summed E-state index contributed by atoms with van der Waals surface area (Å²) in [6.45, 7) is 2.18. The third-order valence-corrected chi connectivity index (χ3v) is 7.65. The zero-order chi connectivity index (χ0) is 25.8. The Morgan fingerprint density at radius 2 is 1.81 bits per heavy atom. The number of hydrogen-bond acceptors (Lipinski definition) is 7. The zero-order valence-electron chi connectivity index (χ0n) is 20.1. The summed E-state index contributed by atoms with van der Waals surface area (Å²) in [7, 11) is 0. The lowest BCUT2D eigenvalue weighted by atomic mass is 10.1. The molecule has 7 nitrogen and oxygen atoms in total. The van der Waals surface area contributed by atoms with Crippen molar-refractivity contribution in [1.82, 2.24) is 9.80 Å². The Hall–Kier alpha value is -3.37. The number of hydrogen-bond donors (Lipinski definition) is 0. The average molecular weight is 540 g/mol. The largest absolute Gasteiger partial charge is 0.467 e. The maximum absolute atomic E-state index is 13.4. The van der Waals surface area contributed by atoms with Gasteiger partial charge in [0.05, 0.1) is 24.3 Å². The number of amides is 2. The van der Waals surface area contributed by atoms with Crippen molar-refractivity contribution in [3.05, 3.63) is 82.6 Å². The molecule has 37 heavy (non-hydrogen) atoms. The number of rotatable bonds is 8. The normalized spacial score (nSPS) is 17.2. The second-order valence-corrected chi connectivity index (χ2v) is 10.6. The number of carbonyl (C=O) groups excluding carboxylic acids is 2. The molecule has 2 aromatic heterocycles. The molecule has 2 saturated heterocycles. The summed E-state index contributed by atoms with van der Waals surface area (Å²) in [5.74, 6) is 1.09. The van der Waals surface area contributed by atoms with E-state index < -0.39 is 0 Å². The number of thioether (sulfide) groups is 1. The van der Waals surface area contributed by atoms with E-state index in [1.54, 1.807) is 41.5 Å². The number of benzene rings is 1. The number of thiocarbonyl (C=S) groups is 1. The van der Waals surface area contributed by atoms with Crippen molar-refractivity contribution < 1.29 is 22.8 Å². The van der Waals surface area contributed by atoms with E-state index in [9.17, 15) is 14.0 Å². The second kappa shape index (κ2) is 11.4. The van der Waals surface area contributed by atoms with Gasteiger partial charge in [-0.1, -0.05) is 36.1 Å². The molecule has 3 aromatic rings. The molecule has 0 bridgehead atoms. The number of piperidine rings is 1. The molecule has 5 rings (SSSR count). The fourth-order valence-corrected chi connectivity index (χ4v) is 5.58. The Labute approximate surface area is 223 Å². The Kier molecular flexibility index (Phi) is 7.76. The smallest absolute Gasteiger partial charge is 0.266 e. The van der Waals surface area contributed by atoms with Gasteiger partial charge in [0.2, 0.25) is 5.91 Å².